The third-order valence-electron chi connectivity index (χ3n) is 5.39. The molecule has 2 heteroatoms. The Morgan fingerprint density at radius 1 is 1.15 bits per heavy atom. The van der Waals surface area contributed by atoms with E-state index in [9.17, 15) is 0 Å². The molecule has 1 unspecified atom stereocenters. The number of rotatable bonds is 2. The van der Waals surface area contributed by atoms with Gasteiger partial charge in [0.2, 0.25) is 0 Å². The molecule has 1 aliphatic heterocycles. The maximum atomic E-state index is 6.29. The van der Waals surface area contributed by atoms with Gasteiger partial charge in [0.15, 0.2) is 0 Å². The summed E-state index contributed by atoms with van der Waals surface area (Å²) in [5.74, 6) is 0. The largest absolute Gasteiger partial charge is 0.364 e. The molecule has 1 fully saturated rings. The average molecular weight is 272 g/mol. The highest BCUT2D eigenvalue weighted by Gasteiger charge is 2.46. The Balaban J connectivity index is 2.00. The van der Waals surface area contributed by atoms with Gasteiger partial charge in [0.25, 0.3) is 0 Å². The number of para-hydroxylation sites is 1. The molecule has 0 aromatic heterocycles. The maximum absolute atomic E-state index is 6.29. The van der Waals surface area contributed by atoms with Crippen LogP contribution in [0.2, 0.25) is 0 Å². The fourth-order valence-corrected chi connectivity index (χ4v) is 4.34. The van der Waals surface area contributed by atoms with Crippen LogP contribution in [0, 0.1) is 5.41 Å². The summed E-state index contributed by atoms with van der Waals surface area (Å²) >= 11 is 0. The molecule has 0 bridgehead atoms. The molecule has 2 nitrogen and oxygen atoms in total. The Kier molecular flexibility index (Phi) is 3.53. The van der Waals surface area contributed by atoms with Crippen molar-refractivity contribution in [3.63, 3.8) is 0 Å². The molecule has 1 saturated carbocycles. The van der Waals surface area contributed by atoms with Gasteiger partial charge in [-0.2, -0.15) is 0 Å². The van der Waals surface area contributed by atoms with E-state index in [4.69, 9.17) is 5.73 Å². The van der Waals surface area contributed by atoms with Crippen LogP contribution in [-0.4, -0.2) is 18.6 Å². The normalized spacial score (nSPS) is 29.1. The first kappa shape index (κ1) is 13.9. The summed E-state index contributed by atoms with van der Waals surface area (Å²) in [5, 5.41) is 0. The number of fused-ring (bicyclic) bond motifs is 1. The second-order valence-corrected chi connectivity index (χ2v) is 7.51. The van der Waals surface area contributed by atoms with Gasteiger partial charge in [0.05, 0.1) is 5.54 Å². The number of hydrogen-bond acceptors (Lipinski definition) is 2. The fraction of sp³-hybridized carbons (Fsp3) is 0.667. The molecule has 1 heterocycles. The summed E-state index contributed by atoms with van der Waals surface area (Å²) in [6.07, 6.45) is 7.57. The molecule has 0 radical (unpaired) electrons. The minimum atomic E-state index is 0.184. The van der Waals surface area contributed by atoms with E-state index in [1.807, 2.05) is 0 Å². The molecule has 1 atom stereocenters. The van der Waals surface area contributed by atoms with Gasteiger partial charge in [-0.3, -0.25) is 0 Å². The van der Waals surface area contributed by atoms with Crippen LogP contribution >= 0.6 is 0 Å². The molecule has 2 aliphatic rings. The van der Waals surface area contributed by atoms with Gasteiger partial charge < -0.3 is 10.6 Å². The highest BCUT2D eigenvalue weighted by Crippen LogP contribution is 2.48. The predicted molar refractivity (Wildman–Crippen MR) is 86.1 cm³/mol. The van der Waals surface area contributed by atoms with Gasteiger partial charge in [0.1, 0.15) is 0 Å². The van der Waals surface area contributed by atoms with Crippen molar-refractivity contribution in [2.24, 2.45) is 11.1 Å². The van der Waals surface area contributed by atoms with Crippen molar-refractivity contribution < 1.29 is 0 Å². The van der Waals surface area contributed by atoms with Crippen molar-refractivity contribution >= 4 is 5.69 Å². The lowest BCUT2D eigenvalue weighted by molar-refractivity contribution is 0.324. The highest BCUT2D eigenvalue weighted by atomic mass is 15.2. The minimum Gasteiger partial charge on any atom is -0.364 e. The van der Waals surface area contributed by atoms with E-state index in [0.717, 1.165) is 6.54 Å². The molecular formula is C18H28N2. The number of benzene rings is 1. The third kappa shape index (κ3) is 2.35. The summed E-state index contributed by atoms with van der Waals surface area (Å²) in [4.78, 5) is 2.67. The lowest BCUT2D eigenvalue weighted by Gasteiger charge is -2.43. The molecule has 0 amide bonds. The standard InChI is InChI=1S/C18H28N2/c1-17(2)10-11-18(13-17,14-19)20-12-6-5-8-15-7-3-4-9-16(15)20/h3-4,7,9H,5-6,8,10-14,19H2,1-2H3. The van der Waals surface area contributed by atoms with Gasteiger partial charge in [-0.15, -0.1) is 0 Å². The first-order valence-electron chi connectivity index (χ1n) is 8.12. The first-order valence-corrected chi connectivity index (χ1v) is 8.12. The maximum Gasteiger partial charge on any atom is 0.0529 e. The lowest BCUT2D eigenvalue weighted by Crippen LogP contribution is -2.53. The summed E-state index contributed by atoms with van der Waals surface area (Å²) in [5.41, 5.74) is 9.87. The Hall–Kier alpha value is -1.02. The van der Waals surface area contributed by atoms with E-state index in [-0.39, 0.29) is 5.54 Å². The fourth-order valence-electron chi connectivity index (χ4n) is 4.34. The van der Waals surface area contributed by atoms with Crippen molar-refractivity contribution in [2.75, 3.05) is 18.0 Å². The van der Waals surface area contributed by atoms with Crippen molar-refractivity contribution in [3.05, 3.63) is 29.8 Å². The highest BCUT2D eigenvalue weighted by molar-refractivity contribution is 5.57. The number of aryl methyl sites for hydroxylation is 1. The molecule has 20 heavy (non-hydrogen) atoms. The molecule has 1 aromatic carbocycles. The molecule has 1 aliphatic carbocycles. The van der Waals surface area contributed by atoms with Crippen molar-refractivity contribution in [1.82, 2.24) is 0 Å². The van der Waals surface area contributed by atoms with Crippen LogP contribution in [0.5, 0.6) is 0 Å². The van der Waals surface area contributed by atoms with Crippen LogP contribution in [0.3, 0.4) is 0 Å². The number of hydrogen-bond donors (Lipinski definition) is 1. The Morgan fingerprint density at radius 3 is 2.65 bits per heavy atom. The SMILES string of the molecule is CC1(C)CCC(CN)(N2CCCCc3ccccc32)C1. The summed E-state index contributed by atoms with van der Waals surface area (Å²) in [6.45, 7) is 6.75. The van der Waals surface area contributed by atoms with E-state index in [1.54, 1.807) is 0 Å². The van der Waals surface area contributed by atoms with Crippen LogP contribution in [0.15, 0.2) is 24.3 Å². The van der Waals surface area contributed by atoms with E-state index >= 15 is 0 Å². The second kappa shape index (κ2) is 5.07. The van der Waals surface area contributed by atoms with Crippen LogP contribution < -0.4 is 10.6 Å². The number of nitrogens with two attached hydrogens (primary N) is 1. The number of nitrogens with zero attached hydrogens (tertiary/aromatic N) is 1. The minimum absolute atomic E-state index is 0.184. The van der Waals surface area contributed by atoms with E-state index < -0.39 is 0 Å². The van der Waals surface area contributed by atoms with Gasteiger partial charge >= 0.3 is 0 Å². The van der Waals surface area contributed by atoms with Crippen LogP contribution in [0.1, 0.15) is 51.5 Å². The molecular weight excluding hydrogens is 244 g/mol. The molecule has 1 aromatic rings. The van der Waals surface area contributed by atoms with Crippen LogP contribution in [0.25, 0.3) is 0 Å². The Morgan fingerprint density at radius 2 is 1.95 bits per heavy atom. The van der Waals surface area contributed by atoms with Crippen molar-refractivity contribution in [2.45, 2.75) is 57.9 Å². The van der Waals surface area contributed by atoms with Crippen molar-refractivity contribution in [3.8, 4) is 0 Å². The monoisotopic (exact) mass is 272 g/mol. The Labute approximate surface area is 123 Å². The number of anilines is 1. The van der Waals surface area contributed by atoms with Crippen LogP contribution in [0.4, 0.5) is 5.69 Å². The molecule has 110 valence electrons. The van der Waals surface area contributed by atoms with Gasteiger partial charge in [-0.25, -0.2) is 0 Å². The summed E-state index contributed by atoms with van der Waals surface area (Å²) in [6, 6.07) is 8.97. The van der Waals surface area contributed by atoms with E-state index in [2.05, 4.69) is 43.0 Å². The molecule has 3 rings (SSSR count). The molecule has 2 N–H and O–H groups in total. The molecule has 0 saturated heterocycles. The summed E-state index contributed by atoms with van der Waals surface area (Å²) < 4.78 is 0. The molecule has 0 spiro atoms. The van der Waals surface area contributed by atoms with Crippen LogP contribution in [-0.2, 0) is 6.42 Å². The lowest BCUT2D eigenvalue weighted by atomic mass is 9.86. The van der Waals surface area contributed by atoms with E-state index in [0.29, 0.717) is 5.41 Å². The smallest absolute Gasteiger partial charge is 0.0529 e. The summed E-state index contributed by atoms with van der Waals surface area (Å²) in [7, 11) is 0. The van der Waals surface area contributed by atoms with E-state index in [1.165, 1.54) is 56.3 Å². The Bertz CT molecular complexity index is 480. The van der Waals surface area contributed by atoms with Gasteiger partial charge in [-0.05, 0) is 55.6 Å². The van der Waals surface area contributed by atoms with Gasteiger partial charge in [0, 0.05) is 18.8 Å². The van der Waals surface area contributed by atoms with Crippen molar-refractivity contribution in [1.29, 1.82) is 0 Å². The average Bonchev–Trinajstić information content (AvgIpc) is 2.63. The third-order valence-corrected chi connectivity index (χ3v) is 5.39. The zero-order chi connectivity index (χ0) is 14.2. The second-order valence-electron chi connectivity index (χ2n) is 7.51. The topological polar surface area (TPSA) is 29.3 Å². The quantitative estimate of drug-likeness (QED) is 0.888. The zero-order valence-corrected chi connectivity index (χ0v) is 13.0. The van der Waals surface area contributed by atoms with Gasteiger partial charge in [-0.1, -0.05) is 32.0 Å². The predicted octanol–water partition coefficient (Wildman–Crippen LogP) is 3.74. The first-order chi connectivity index (χ1) is 9.56. The zero-order valence-electron chi connectivity index (χ0n) is 13.0.